The Morgan fingerprint density at radius 2 is 1.72 bits per heavy atom. The number of hydrogen-bond donors (Lipinski definition) is 2. The van der Waals surface area contributed by atoms with Gasteiger partial charge in [-0.05, 0) is 54.3 Å². The van der Waals surface area contributed by atoms with Crippen LogP contribution in [-0.2, 0) is 11.2 Å². The summed E-state index contributed by atoms with van der Waals surface area (Å²) in [6, 6.07) is 14.2. The summed E-state index contributed by atoms with van der Waals surface area (Å²) in [7, 11) is 1.61. The Morgan fingerprint density at radius 1 is 1.03 bits per heavy atom. The monoisotopic (exact) mass is 452 g/mol. The van der Waals surface area contributed by atoms with Crippen molar-refractivity contribution in [2.75, 3.05) is 12.4 Å². The maximum absolute atomic E-state index is 13.0. The quantitative estimate of drug-likeness (QED) is 0.496. The number of aromatic nitrogens is 2. The van der Waals surface area contributed by atoms with Crippen molar-refractivity contribution in [3.05, 3.63) is 59.7 Å². The summed E-state index contributed by atoms with van der Waals surface area (Å²) in [5.41, 5.74) is 2.56. The number of nitrogens with one attached hydrogen (secondary N) is 2. The number of carbonyl (C=O) groups is 2. The number of benzene rings is 2. The second kappa shape index (κ2) is 10.9. The van der Waals surface area contributed by atoms with Crippen molar-refractivity contribution >= 4 is 28.3 Å². The molecular formula is C24H28N4O3S. The number of carbonyl (C=O) groups excluding carboxylic acids is 2. The van der Waals surface area contributed by atoms with Crippen molar-refractivity contribution in [2.45, 2.75) is 39.7 Å². The van der Waals surface area contributed by atoms with Crippen molar-refractivity contribution in [1.82, 2.24) is 15.5 Å². The SMILES string of the molecule is CCc1ccc(C(=O)NC(C(=O)Nc2nnc(-c3ccc(OC)cc3)s2)C(C)CC)cc1. The van der Waals surface area contributed by atoms with E-state index in [1.165, 1.54) is 11.3 Å². The number of nitrogens with zero attached hydrogens (tertiary/aromatic N) is 2. The molecule has 0 bridgehead atoms. The van der Waals surface area contributed by atoms with Crippen LogP contribution in [0.4, 0.5) is 5.13 Å². The first-order valence-corrected chi connectivity index (χ1v) is 11.4. The Kier molecular flexibility index (Phi) is 7.94. The first kappa shape index (κ1) is 23.4. The number of ether oxygens (including phenoxy) is 1. The predicted molar refractivity (Wildman–Crippen MR) is 127 cm³/mol. The molecule has 32 heavy (non-hydrogen) atoms. The Hall–Kier alpha value is -3.26. The largest absolute Gasteiger partial charge is 0.497 e. The molecule has 0 spiro atoms. The maximum Gasteiger partial charge on any atom is 0.251 e. The van der Waals surface area contributed by atoms with Gasteiger partial charge < -0.3 is 10.1 Å². The third-order valence-corrected chi connectivity index (χ3v) is 6.29. The average Bonchev–Trinajstić information content (AvgIpc) is 3.30. The van der Waals surface area contributed by atoms with E-state index in [2.05, 4.69) is 27.8 Å². The van der Waals surface area contributed by atoms with Crippen LogP contribution in [0.15, 0.2) is 48.5 Å². The molecular weight excluding hydrogens is 424 g/mol. The third kappa shape index (κ3) is 5.70. The van der Waals surface area contributed by atoms with Gasteiger partial charge in [-0.1, -0.05) is 50.7 Å². The predicted octanol–water partition coefficient (Wildman–Crippen LogP) is 4.56. The minimum Gasteiger partial charge on any atom is -0.497 e. The van der Waals surface area contributed by atoms with Gasteiger partial charge in [0.25, 0.3) is 5.91 Å². The summed E-state index contributed by atoms with van der Waals surface area (Å²) in [6.07, 6.45) is 1.64. The standard InChI is InChI=1S/C24H28N4O3S/c1-5-15(3)20(25-21(29)17-9-7-16(6-2)8-10-17)22(30)26-24-28-27-23(32-24)18-11-13-19(31-4)14-12-18/h7-15,20H,5-6H2,1-4H3,(H,25,29)(H,26,28,30). The van der Waals surface area contributed by atoms with Crippen LogP contribution in [0, 0.1) is 5.92 Å². The topological polar surface area (TPSA) is 93.2 Å². The Bertz CT molecular complexity index is 1050. The summed E-state index contributed by atoms with van der Waals surface area (Å²) >= 11 is 1.28. The maximum atomic E-state index is 13.0. The van der Waals surface area contributed by atoms with E-state index in [1.54, 1.807) is 19.2 Å². The second-order valence-corrected chi connectivity index (χ2v) is 8.49. The number of methoxy groups -OCH3 is 1. The lowest BCUT2D eigenvalue weighted by molar-refractivity contribution is -0.119. The molecule has 1 heterocycles. The lowest BCUT2D eigenvalue weighted by Crippen LogP contribution is -2.47. The Labute approximate surface area is 192 Å². The molecule has 0 radical (unpaired) electrons. The van der Waals surface area contributed by atoms with E-state index in [4.69, 9.17) is 4.74 Å². The summed E-state index contributed by atoms with van der Waals surface area (Å²) in [6.45, 7) is 5.99. The molecule has 0 fully saturated rings. The first-order valence-electron chi connectivity index (χ1n) is 10.6. The lowest BCUT2D eigenvalue weighted by atomic mass is 9.98. The Balaban J connectivity index is 1.70. The summed E-state index contributed by atoms with van der Waals surface area (Å²) in [5, 5.41) is 15.0. The van der Waals surface area contributed by atoms with Gasteiger partial charge in [-0.15, -0.1) is 10.2 Å². The summed E-state index contributed by atoms with van der Waals surface area (Å²) < 4.78 is 5.17. The van der Waals surface area contributed by atoms with E-state index in [9.17, 15) is 9.59 Å². The molecule has 2 unspecified atom stereocenters. The third-order valence-electron chi connectivity index (χ3n) is 5.40. The molecule has 168 valence electrons. The zero-order valence-corrected chi connectivity index (χ0v) is 19.5. The fourth-order valence-corrected chi connectivity index (χ4v) is 3.88. The summed E-state index contributed by atoms with van der Waals surface area (Å²) in [4.78, 5) is 25.8. The Morgan fingerprint density at radius 3 is 2.31 bits per heavy atom. The van der Waals surface area contributed by atoms with Gasteiger partial charge in [-0.2, -0.15) is 0 Å². The van der Waals surface area contributed by atoms with Gasteiger partial charge in [-0.25, -0.2) is 0 Å². The van der Waals surface area contributed by atoms with E-state index >= 15 is 0 Å². The number of hydrogen-bond acceptors (Lipinski definition) is 6. The number of amides is 2. The molecule has 2 aromatic carbocycles. The van der Waals surface area contributed by atoms with Crippen LogP contribution in [0.5, 0.6) is 5.75 Å². The van der Waals surface area contributed by atoms with Gasteiger partial charge in [0.1, 0.15) is 16.8 Å². The molecule has 0 aliphatic carbocycles. The normalized spacial score (nSPS) is 12.6. The van der Waals surface area contributed by atoms with Crippen LogP contribution in [0.25, 0.3) is 10.6 Å². The molecule has 3 aromatic rings. The molecule has 0 saturated carbocycles. The minimum absolute atomic E-state index is 0.0529. The molecule has 8 heteroatoms. The molecule has 3 rings (SSSR count). The van der Waals surface area contributed by atoms with Gasteiger partial charge in [0, 0.05) is 11.1 Å². The van der Waals surface area contributed by atoms with Crippen molar-refractivity contribution in [3.8, 4) is 16.3 Å². The smallest absolute Gasteiger partial charge is 0.251 e. The second-order valence-electron chi connectivity index (χ2n) is 7.52. The number of anilines is 1. The highest BCUT2D eigenvalue weighted by molar-refractivity contribution is 7.18. The van der Waals surface area contributed by atoms with Crippen LogP contribution in [0.2, 0.25) is 0 Å². The molecule has 0 aliphatic heterocycles. The fourth-order valence-electron chi connectivity index (χ4n) is 3.13. The van der Waals surface area contributed by atoms with Crippen LogP contribution in [-0.4, -0.2) is 35.2 Å². The fraction of sp³-hybridized carbons (Fsp3) is 0.333. The molecule has 1 aromatic heterocycles. The molecule has 2 amide bonds. The van der Waals surface area contributed by atoms with Gasteiger partial charge in [0.15, 0.2) is 0 Å². The molecule has 0 saturated heterocycles. The van der Waals surface area contributed by atoms with E-state index in [-0.39, 0.29) is 17.7 Å². The molecule has 2 atom stereocenters. The van der Waals surface area contributed by atoms with Gasteiger partial charge in [0.2, 0.25) is 11.0 Å². The van der Waals surface area contributed by atoms with Gasteiger partial charge >= 0.3 is 0 Å². The molecule has 7 nitrogen and oxygen atoms in total. The van der Waals surface area contributed by atoms with E-state index in [0.29, 0.717) is 15.7 Å². The van der Waals surface area contributed by atoms with Crippen molar-refractivity contribution in [3.63, 3.8) is 0 Å². The number of rotatable bonds is 9. The van der Waals surface area contributed by atoms with Crippen LogP contribution in [0.3, 0.4) is 0 Å². The molecule has 0 aliphatic rings. The van der Waals surface area contributed by atoms with Crippen molar-refractivity contribution < 1.29 is 14.3 Å². The van der Waals surface area contributed by atoms with Gasteiger partial charge in [-0.3, -0.25) is 14.9 Å². The highest BCUT2D eigenvalue weighted by Gasteiger charge is 2.27. The van der Waals surface area contributed by atoms with Crippen LogP contribution in [0.1, 0.15) is 43.1 Å². The lowest BCUT2D eigenvalue weighted by Gasteiger charge is -2.23. The van der Waals surface area contributed by atoms with Gasteiger partial charge in [0.05, 0.1) is 7.11 Å². The van der Waals surface area contributed by atoms with E-state index < -0.39 is 6.04 Å². The average molecular weight is 453 g/mol. The zero-order valence-electron chi connectivity index (χ0n) is 18.7. The minimum atomic E-state index is -0.688. The van der Waals surface area contributed by atoms with E-state index in [1.807, 2.05) is 50.2 Å². The van der Waals surface area contributed by atoms with Crippen molar-refractivity contribution in [2.24, 2.45) is 5.92 Å². The highest BCUT2D eigenvalue weighted by atomic mass is 32.1. The molecule has 2 N–H and O–H groups in total. The number of aryl methyl sites for hydroxylation is 1. The van der Waals surface area contributed by atoms with E-state index in [0.717, 1.165) is 29.7 Å². The first-order chi connectivity index (χ1) is 15.4. The van der Waals surface area contributed by atoms with Crippen molar-refractivity contribution in [1.29, 1.82) is 0 Å². The van der Waals surface area contributed by atoms with Crippen LogP contribution < -0.4 is 15.4 Å². The summed E-state index contributed by atoms with van der Waals surface area (Å²) in [5.74, 6) is 0.116. The zero-order chi connectivity index (χ0) is 23.1. The van der Waals surface area contributed by atoms with Crippen LogP contribution >= 0.6 is 11.3 Å². The highest BCUT2D eigenvalue weighted by Crippen LogP contribution is 2.28.